The van der Waals surface area contributed by atoms with E-state index in [1.54, 1.807) is 6.26 Å². The van der Waals surface area contributed by atoms with Gasteiger partial charge >= 0.3 is 5.97 Å². The van der Waals surface area contributed by atoms with Crippen molar-refractivity contribution in [3.05, 3.63) is 0 Å². The molecule has 4 unspecified atom stereocenters. The predicted octanol–water partition coefficient (Wildman–Crippen LogP) is -2.62. The molecule has 0 aromatic carbocycles. The Morgan fingerprint density at radius 3 is 2.08 bits per heavy atom. The standard InChI is InChI=1S/C13H24N4O6S/c1-6(18)10(15)12(21)16-7(3-4-24-2)11(20)17-8(13(22)23)5-9(14)19/h6-8,10,18H,3-5,15H2,1-2H3,(H2,14,19)(H,16,21)(H,17,20)(H,22,23). The second-order valence-corrected chi connectivity index (χ2v) is 6.16. The average molecular weight is 364 g/mol. The van der Waals surface area contributed by atoms with Crippen molar-refractivity contribution < 1.29 is 29.4 Å². The van der Waals surface area contributed by atoms with Crippen molar-refractivity contribution >= 4 is 35.5 Å². The van der Waals surface area contributed by atoms with Crippen LogP contribution in [0.3, 0.4) is 0 Å². The summed E-state index contributed by atoms with van der Waals surface area (Å²) in [5, 5.41) is 22.9. The van der Waals surface area contributed by atoms with Crippen molar-refractivity contribution in [1.82, 2.24) is 10.6 Å². The SMILES string of the molecule is CSCCC(NC(=O)C(N)C(C)O)C(=O)NC(CC(N)=O)C(=O)O. The van der Waals surface area contributed by atoms with Crippen LogP contribution in [0.1, 0.15) is 19.8 Å². The molecule has 0 spiro atoms. The van der Waals surface area contributed by atoms with Gasteiger partial charge in [-0.05, 0) is 25.4 Å². The van der Waals surface area contributed by atoms with Crippen molar-refractivity contribution in [2.75, 3.05) is 12.0 Å². The zero-order valence-electron chi connectivity index (χ0n) is 13.5. The maximum atomic E-state index is 12.2. The summed E-state index contributed by atoms with van der Waals surface area (Å²) >= 11 is 1.42. The first kappa shape index (κ1) is 22.1. The number of hydrogen-bond acceptors (Lipinski definition) is 7. The van der Waals surface area contributed by atoms with Crippen molar-refractivity contribution in [3.8, 4) is 0 Å². The van der Waals surface area contributed by atoms with Gasteiger partial charge in [-0.1, -0.05) is 0 Å². The summed E-state index contributed by atoms with van der Waals surface area (Å²) in [5.41, 5.74) is 10.4. The summed E-state index contributed by atoms with van der Waals surface area (Å²) in [4.78, 5) is 46.0. The number of aliphatic hydroxyl groups excluding tert-OH is 1. The molecule has 0 saturated heterocycles. The molecule has 0 fully saturated rings. The number of hydrogen-bond donors (Lipinski definition) is 6. The van der Waals surface area contributed by atoms with Gasteiger partial charge in [-0.2, -0.15) is 11.8 Å². The van der Waals surface area contributed by atoms with E-state index in [4.69, 9.17) is 16.6 Å². The molecule has 0 aromatic rings. The lowest BCUT2D eigenvalue weighted by Crippen LogP contribution is -2.56. The van der Waals surface area contributed by atoms with Gasteiger partial charge in [-0.25, -0.2) is 4.79 Å². The normalized spacial score (nSPS) is 15.7. The number of amides is 3. The molecule has 4 atom stereocenters. The van der Waals surface area contributed by atoms with E-state index in [-0.39, 0.29) is 6.42 Å². The van der Waals surface area contributed by atoms with Crippen LogP contribution in [0.2, 0.25) is 0 Å². The Kier molecular flexibility index (Phi) is 10.0. The first-order valence-corrected chi connectivity index (χ1v) is 8.54. The molecule has 0 aliphatic heterocycles. The summed E-state index contributed by atoms with van der Waals surface area (Å²) in [6.45, 7) is 1.33. The molecular formula is C13H24N4O6S. The number of carboxylic acids is 1. The first-order chi connectivity index (χ1) is 11.1. The second kappa shape index (κ2) is 10.8. The van der Waals surface area contributed by atoms with Gasteiger partial charge in [0.15, 0.2) is 0 Å². The van der Waals surface area contributed by atoms with E-state index < -0.39 is 54.3 Å². The van der Waals surface area contributed by atoms with Crippen LogP contribution < -0.4 is 22.1 Å². The monoisotopic (exact) mass is 364 g/mol. The fraction of sp³-hybridized carbons (Fsp3) is 0.692. The molecule has 24 heavy (non-hydrogen) atoms. The lowest BCUT2D eigenvalue weighted by atomic mass is 10.1. The van der Waals surface area contributed by atoms with Gasteiger partial charge < -0.3 is 32.3 Å². The highest BCUT2D eigenvalue weighted by Crippen LogP contribution is 2.04. The van der Waals surface area contributed by atoms with E-state index in [9.17, 15) is 24.3 Å². The Bertz CT molecular complexity index is 473. The number of nitrogens with two attached hydrogens (primary N) is 2. The fourth-order valence-corrected chi connectivity index (χ4v) is 2.14. The van der Waals surface area contributed by atoms with E-state index in [0.717, 1.165) is 0 Å². The van der Waals surface area contributed by atoms with Crippen molar-refractivity contribution in [2.45, 2.75) is 44.0 Å². The Morgan fingerprint density at radius 1 is 1.12 bits per heavy atom. The molecule has 0 heterocycles. The average Bonchev–Trinajstić information content (AvgIpc) is 2.48. The molecule has 0 aliphatic rings. The van der Waals surface area contributed by atoms with Crippen LogP contribution in [0.4, 0.5) is 0 Å². The van der Waals surface area contributed by atoms with Gasteiger partial charge in [0.1, 0.15) is 18.1 Å². The van der Waals surface area contributed by atoms with Crippen LogP contribution in [-0.4, -0.2) is 70.1 Å². The van der Waals surface area contributed by atoms with Gasteiger partial charge in [0.2, 0.25) is 17.7 Å². The van der Waals surface area contributed by atoms with Crippen LogP contribution in [0.5, 0.6) is 0 Å². The van der Waals surface area contributed by atoms with Crippen molar-refractivity contribution in [3.63, 3.8) is 0 Å². The Balaban J connectivity index is 5.00. The van der Waals surface area contributed by atoms with E-state index in [0.29, 0.717) is 5.75 Å². The van der Waals surface area contributed by atoms with Crippen molar-refractivity contribution in [1.29, 1.82) is 0 Å². The van der Waals surface area contributed by atoms with Gasteiger partial charge in [0.25, 0.3) is 0 Å². The van der Waals surface area contributed by atoms with E-state index in [1.165, 1.54) is 18.7 Å². The minimum Gasteiger partial charge on any atom is -0.480 e. The molecule has 0 bridgehead atoms. The smallest absolute Gasteiger partial charge is 0.326 e. The molecule has 138 valence electrons. The largest absolute Gasteiger partial charge is 0.480 e. The van der Waals surface area contributed by atoms with Gasteiger partial charge in [-0.15, -0.1) is 0 Å². The second-order valence-electron chi connectivity index (χ2n) is 5.18. The highest BCUT2D eigenvalue weighted by atomic mass is 32.2. The zero-order chi connectivity index (χ0) is 18.9. The summed E-state index contributed by atoms with van der Waals surface area (Å²) in [6.07, 6.45) is 0.327. The van der Waals surface area contributed by atoms with Crippen molar-refractivity contribution in [2.24, 2.45) is 11.5 Å². The molecule has 3 amide bonds. The summed E-state index contributed by atoms with van der Waals surface area (Å²) in [7, 11) is 0. The third-order valence-electron chi connectivity index (χ3n) is 3.09. The number of nitrogens with one attached hydrogen (secondary N) is 2. The number of thioether (sulfide) groups is 1. The van der Waals surface area contributed by atoms with Gasteiger partial charge in [0, 0.05) is 0 Å². The number of carbonyl (C=O) groups is 4. The topological polar surface area (TPSA) is 185 Å². The lowest BCUT2D eigenvalue weighted by Gasteiger charge is -2.23. The van der Waals surface area contributed by atoms with E-state index >= 15 is 0 Å². The molecular weight excluding hydrogens is 340 g/mol. The Hall–Kier alpha value is -1.85. The summed E-state index contributed by atoms with van der Waals surface area (Å²) in [5.74, 6) is -3.31. The molecule has 0 radical (unpaired) electrons. The van der Waals surface area contributed by atoms with Crippen LogP contribution in [0.25, 0.3) is 0 Å². The van der Waals surface area contributed by atoms with Crippen LogP contribution in [-0.2, 0) is 19.2 Å². The Morgan fingerprint density at radius 2 is 1.67 bits per heavy atom. The molecule has 0 saturated carbocycles. The third-order valence-corrected chi connectivity index (χ3v) is 3.73. The molecule has 10 nitrogen and oxygen atoms in total. The number of aliphatic hydroxyl groups is 1. The first-order valence-electron chi connectivity index (χ1n) is 7.14. The third kappa shape index (κ3) is 8.13. The van der Waals surface area contributed by atoms with Gasteiger partial charge in [-0.3, -0.25) is 14.4 Å². The number of carbonyl (C=O) groups excluding carboxylic acids is 3. The summed E-state index contributed by atoms with van der Waals surface area (Å²) < 4.78 is 0. The highest BCUT2D eigenvalue weighted by molar-refractivity contribution is 7.98. The molecule has 0 aromatic heterocycles. The van der Waals surface area contributed by atoms with Crippen LogP contribution in [0.15, 0.2) is 0 Å². The molecule has 0 aliphatic carbocycles. The number of aliphatic carboxylic acids is 1. The minimum atomic E-state index is -1.49. The minimum absolute atomic E-state index is 0.216. The van der Waals surface area contributed by atoms with Crippen LogP contribution in [0, 0.1) is 0 Å². The summed E-state index contributed by atoms with van der Waals surface area (Å²) in [6, 6.07) is -3.77. The maximum absolute atomic E-state index is 12.2. The molecule has 11 heteroatoms. The molecule has 0 rings (SSSR count). The maximum Gasteiger partial charge on any atom is 0.326 e. The predicted molar refractivity (Wildman–Crippen MR) is 88.0 cm³/mol. The fourth-order valence-electron chi connectivity index (χ4n) is 1.67. The van der Waals surface area contributed by atoms with Gasteiger partial charge in [0.05, 0.1) is 12.5 Å². The van der Waals surface area contributed by atoms with E-state index in [2.05, 4.69) is 10.6 Å². The van der Waals surface area contributed by atoms with Crippen LogP contribution >= 0.6 is 11.8 Å². The Labute approximate surface area is 143 Å². The number of carboxylic acid groups (broad SMARTS) is 1. The quantitative estimate of drug-likeness (QED) is 0.230. The number of primary amides is 1. The van der Waals surface area contributed by atoms with E-state index in [1.807, 2.05) is 0 Å². The number of rotatable bonds is 11. The highest BCUT2D eigenvalue weighted by Gasteiger charge is 2.29. The zero-order valence-corrected chi connectivity index (χ0v) is 14.3. The lowest BCUT2D eigenvalue weighted by molar-refractivity contribution is -0.143. The molecule has 8 N–H and O–H groups in total.